The lowest BCUT2D eigenvalue weighted by atomic mass is 10.1. The first kappa shape index (κ1) is 26.4. The molecule has 1 unspecified atom stereocenters. The molecule has 0 radical (unpaired) electrons. The lowest BCUT2D eigenvalue weighted by molar-refractivity contribution is -0.919. The lowest BCUT2D eigenvalue weighted by Crippen LogP contribution is -2.58. The van der Waals surface area contributed by atoms with Gasteiger partial charge < -0.3 is 4.48 Å². The molecule has 0 aromatic carbocycles. The molecule has 0 saturated carbocycles. The molecule has 0 spiro atoms. The standard InChI is InChI=1S/C25H51N2/c1-7-11-12-13-14-15-16-17-18-19-23-27(5,6)25(22-10-4)26-24(20-8-2)21-9-3/h8-9,24-26H,2-3,7,10-23H2,1,4-6H3/q+1. The van der Waals surface area contributed by atoms with Crippen molar-refractivity contribution in [2.75, 3.05) is 20.6 Å². The molecule has 1 atom stereocenters. The molecule has 1 N–H and O–H groups in total. The highest BCUT2D eigenvalue weighted by atomic mass is 15.4. The van der Waals surface area contributed by atoms with Crippen molar-refractivity contribution in [3.8, 4) is 0 Å². The summed E-state index contributed by atoms with van der Waals surface area (Å²) in [5.74, 6) is 0. The highest BCUT2D eigenvalue weighted by Crippen LogP contribution is 2.17. The van der Waals surface area contributed by atoms with Gasteiger partial charge in [0, 0.05) is 12.5 Å². The first-order valence-electron chi connectivity index (χ1n) is 11.8. The van der Waals surface area contributed by atoms with Crippen LogP contribution >= 0.6 is 0 Å². The number of nitrogens with zero attached hydrogens (tertiary/aromatic N) is 1. The van der Waals surface area contributed by atoms with Crippen LogP contribution in [0.15, 0.2) is 25.3 Å². The molecular formula is C25H51N2+. The van der Waals surface area contributed by atoms with Crippen LogP contribution in [-0.2, 0) is 0 Å². The van der Waals surface area contributed by atoms with Crippen molar-refractivity contribution in [1.82, 2.24) is 5.32 Å². The van der Waals surface area contributed by atoms with Gasteiger partial charge in [0.15, 0.2) is 0 Å². The zero-order valence-corrected chi connectivity index (χ0v) is 19.3. The average molecular weight is 380 g/mol. The fourth-order valence-electron chi connectivity index (χ4n) is 3.98. The number of nitrogens with one attached hydrogen (secondary N) is 1. The monoisotopic (exact) mass is 379 g/mol. The summed E-state index contributed by atoms with van der Waals surface area (Å²) in [6, 6.07) is 0.474. The van der Waals surface area contributed by atoms with Crippen molar-refractivity contribution >= 4 is 0 Å². The van der Waals surface area contributed by atoms with Crippen LogP contribution in [0.25, 0.3) is 0 Å². The lowest BCUT2D eigenvalue weighted by Gasteiger charge is -2.40. The molecule has 0 aliphatic heterocycles. The molecule has 0 rings (SSSR count). The van der Waals surface area contributed by atoms with E-state index in [0.29, 0.717) is 12.2 Å². The van der Waals surface area contributed by atoms with Crippen LogP contribution < -0.4 is 5.32 Å². The third kappa shape index (κ3) is 14.1. The second-order valence-corrected chi connectivity index (χ2v) is 8.90. The van der Waals surface area contributed by atoms with Gasteiger partial charge in [-0.15, -0.1) is 13.2 Å². The van der Waals surface area contributed by atoms with Crippen molar-refractivity contribution in [3.63, 3.8) is 0 Å². The van der Waals surface area contributed by atoms with E-state index in [1.807, 2.05) is 12.2 Å². The number of quaternary nitrogens is 1. The fourth-order valence-corrected chi connectivity index (χ4v) is 3.98. The Labute approximate surface area is 172 Å². The van der Waals surface area contributed by atoms with Crippen molar-refractivity contribution in [3.05, 3.63) is 25.3 Å². The van der Waals surface area contributed by atoms with Gasteiger partial charge in [-0.3, -0.25) is 5.32 Å². The molecule has 0 aliphatic rings. The van der Waals surface area contributed by atoms with E-state index < -0.39 is 0 Å². The van der Waals surface area contributed by atoms with Crippen LogP contribution in [-0.4, -0.2) is 37.3 Å². The SMILES string of the molecule is C=CCC(CC=C)NC(CCC)[N+](C)(C)CCCCCCCCCCCC. The van der Waals surface area contributed by atoms with Crippen LogP contribution in [0, 0.1) is 0 Å². The largest absolute Gasteiger partial charge is 0.314 e. The van der Waals surface area contributed by atoms with E-state index in [1.54, 1.807) is 0 Å². The van der Waals surface area contributed by atoms with Gasteiger partial charge in [0.25, 0.3) is 0 Å². The fraction of sp³-hybridized carbons (Fsp3) is 0.840. The Balaban J connectivity index is 4.14. The van der Waals surface area contributed by atoms with Gasteiger partial charge in [0.2, 0.25) is 0 Å². The number of rotatable bonds is 20. The predicted molar refractivity (Wildman–Crippen MR) is 124 cm³/mol. The van der Waals surface area contributed by atoms with Gasteiger partial charge in [0.1, 0.15) is 6.17 Å². The van der Waals surface area contributed by atoms with E-state index in [4.69, 9.17) is 0 Å². The van der Waals surface area contributed by atoms with Crippen molar-refractivity contribution in [1.29, 1.82) is 0 Å². The number of hydrogen-bond donors (Lipinski definition) is 1. The smallest absolute Gasteiger partial charge is 0.142 e. The summed E-state index contributed by atoms with van der Waals surface area (Å²) >= 11 is 0. The van der Waals surface area contributed by atoms with E-state index >= 15 is 0 Å². The number of hydrogen-bond acceptors (Lipinski definition) is 1. The molecule has 160 valence electrons. The third-order valence-corrected chi connectivity index (χ3v) is 5.82. The maximum Gasteiger partial charge on any atom is 0.142 e. The van der Waals surface area contributed by atoms with E-state index in [-0.39, 0.29) is 0 Å². The molecule has 0 amide bonds. The van der Waals surface area contributed by atoms with Crippen molar-refractivity contribution in [2.45, 2.75) is 116 Å². The first-order chi connectivity index (χ1) is 13.0. The molecule has 0 aliphatic carbocycles. The zero-order chi connectivity index (χ0) is 20.4. The molecule has 0 saturated heterocycles. The molecule has 0 fully saturated rings. The van der Waals surface area contributed by atoms with Crippen LogP contribution in [0.5, 0.6) is 0 Å². The summed E-state index contributed by atoms with van der Waals surface area (Å²) in [4.78, 5) is 0. The Kier molecular flexibility index (Phi) is 17.1. The molecule has 2 heteroatoms. The van der Waals surface area contributed by atoms with Crippen LogP contribution in [0.2, 0.25) is 0 Å². The second kappa shape index (κ2) is 17.5. The first-order valence-corrected chi connectivity index (χ1v) is 11.8. The normalized spacial score (nSPS) is 13.1. The van der Waals surface area contributed by atoms with Gasteiger partial charge in [-0.2, -0.15) is 0 Å². The van der Waals surface area contributed by atoms with E-state index in [1.165, 1.54) is 83.6 Å². The van der Waals surface area contributed by atoms with Gasteiger partial charge in [0.05, 0.1) is 20.6 Å². The minimum absolute atomic E-state index is 0.474. The molecular weight excluding hydrogens is 328 g/mol. The summed E-state index contributed by atoms with van der Waals surface area (Å²) in [7, 11) is 4.81. The Morgan fingerprint density at radius 3 is 1.67 bits per heavy atom. The summed E-state index contributed by atoms with van der Waals surface area (Å²) in [5.41, 5.74) is 0. The highest BCUT2D eigenvalue weighted by molar-refractivity contribution is 4.85. The third-order valence-electron chi connectivity index (χ3n) is 5.82. The van der Waals surface area contributed by atoms with E-state index in [9.17, 15) is 0 Å². The van der Waals surface area contributed by atoms with Crippen molar-refractivity contribution in [2.24, 2.45) is 0 Å². The van der Waals surface area contributed by atoms with Crippen LogP contribution in [0.4, 0.5) is 0 Å². The predicted octanol–water partition coefficient (Wildman–Crippen LogP) is 7.22. The molecule has 0 aromatic heterocycles. The molecule has 0 aromatic rings. The Hall–Kier alpha value is -0.600. The Morgan fingerprint density at radius 2 is 1.22 bits per heavy atom. The van der Waals surface area contributed by atoms with Gasteiger partial charge in [-0.25, -0.2) is 0 Å². The van der Waals surface area contributed by atoms with E-state index in [0.717, 1.165) is 17.3 Å². The molecule has 0 bridgehead atoms. The topological polar surface area (TPSA) is 12.0 Å². The molecule has 0 heterocycles. The summed E-state index contributed by atoms with van der Waals surface area (Å²) < 4.78 is 1.08. The van der Waals surface area contributed by atoms with Crippen LogP contribution in [0.1, 0.15) is 104 Å². The minimum Gasteiger partial charge on any atom is -0.314 e. The summed E-state index contributed by atoms with van der Waals surface area (Å²) in [6.07, 6.45) is 23.2. The highest BCUT2D eigenvalue weighted by Gasteiger charge is 2.28. The molecule has 27 heavy (non-hydrogen) atoms. The van der Waals surface area contributed by atoms with Gasteiger partial charge in [-0.1, -0.05) is 77.4 Å². The minimum atomic E-state index is 0.474. The summed E-state index contributed by atoms with van der Waals surface area (Å²) in [6.45, 7) is 13.7. The maximum atomic E-state index is 3.92. The van der Waals surface area contributed by atoms with Crippen LogP contribution in [0.3, 0.4) is 0 Å². The summed E-state index contributed by atoms with van der Waals surface area (Å²) in [5, 5.41) is 3.91. The number of unbranched alkanes of at least 4 members (excludes halogenated alkanes) is 9. The zero-order valence-electron chi connectivity index (χ0n) is 19.3. The second-order valence-electron chi connectivity index (χ2n) is 8.90. The molecule has 2 nitrogen and oxygen atoms in total. The average Bonchev–Trinajstić information content (AvgIpc) is 2.63. The quantitative estimate of drug-likeness (QED) is 0.102. The van der Waals surface area contributed by atoms with Crippen molar-refractivity contribution < 1.29 is 4.48 Å². The van der Waals surface area contributed by atoms with Gasteiger partial charge >= 0.3 is 0 Å². The van der Waals surface area contributed by atoms with E-state index in [2.05, 4.69) is 46.4 Å². The maximum absolute atomic E-state index is 3.92. The van der Waals surface area contributed by atoms with Gasteiger partial charge in [-0.05, 0) is 32.1 Å². The Bertz CT molecular complexity index is 338. The Morgan fingerprint density at radius 1 is 0.741 bits per heavy atom.